The van der Waals surface area contributed by atoms with E-state index in [0.29, 0.717) is 31.5 Å². The van der Waals surface area contributed by atoms with Crippen molar-refractivity contribution in [2.24, 2.45) is 29.6 Å². The Labute approximate surface area is 600 Å². The smallest absolute Gasteiger partial charge is 0.248 e. The topological polar surface area (TPSA) is 335 Å². The molecule has 13 atom stereocenters. The molecule has 0 saturated carbocycles. The van der Waals surface area contributed by atoms with Gasteiger partial charge in [-0.05, 0) is 128 Å². The number of aliphatic hydroxyl groups is 1. The Bertz CT molecular complexity index is 2950. The monoisotopic (exact) mass is 1420 g/mol. The molecule has 101 heavy (non-hydrogen) atoms. The number of aliphatic hydroxyl groups excluding tert-OH is 1. The van der Waals surface area contributed by atoms with Gasteiger partial charge in [0.25, 0.3) is 0 Å². The summed E-state index contributed by atoms with van der Waals surface area (Å²) in [6.45, 7) is 28.8. The van der Waals surface area contributed by atoms with Crippen LogP contribution in [0, 0.1) is 29.6 Å². The molecule has 1 aromatic carbocycles. The van der Waals surface area contributed by atoms with Crippen LogP contribution in [-0.2, 0) is 73.4 Å². The second-order valence-electron chi connectivity index (χ2n) is 31.0. The van der Waals surface area contributed by atoms with Gasteiger partial charge in [-0.1, -0.05) is 106 Å². The predicted octanol–water partition coefficient (Wildman–Crippen LogP) is 3.70. The van der Waals surface area contributed by atoms with Gasteiger partial charge in [0.05, 0.1) is 30.8 Å². The van der Waals surface area contributed by atoms with Gasteiger partial charge in [0.2, 0.25) is 70.9 Å². The molecule has 3 aliphatic rings. The minimum atomic E-state index is -1.70. The van der Waals surface area contributed by atoms with E-state index in [4.69, 9.17) is 9.47 Å². The lowest BCUT2D eigenvalue weighted by atomic mass is 9.97. The second kappa shape index (κ2) is 40.0. The third-order valence-electron chi connectivity index (χ3n) is 18.8. The lowest BCUT2D eigenvalue weighted by Gasteiger charge is -2.37. The normalized spacial score (nSPS) is 27.0. The van der Waals surface area contributed by atoms with Gasteiger partial charge in [-0.3, -0.25) is 57.5 Å². The number of rotatable bonds is 19. The van der Waals surface area contributed by atoms with Crippen molar-refractivity contribution in [1.29, 1.82) is 0 Å². The van der Waals surface area contributed by atoms with Crippen molar-refractivity contribution < 1.29 is 72.1 Å². The van der Waals surface area contributed by atoms with Crippen LogP contribution in [0.15, 0.2) is 30.3 Å². The first-order chi connectivity index (χ1) is 47.2. The molecule has 0 spiro atoms. The highest BCUT2D eigenvalue weighted by Crippen LogP contribution is 2.26. The number of piperidine rings is 1. The quantitative estimate of drug-likeness (QED) is 0.104. The van der Waals surface area contributed by atoms with Crippen molar-refractivity contribution in [2.45, 2.75) is 272 Å². The van der Waals surface area contributed by atoms with E-state index >= 15 is 38.4 Å². The summed E-state index contributed by atoms with van der Waals surface area (Å²) in [6.07, 6.45) is -0.494. The molecule has 7 N–H and O–H groups in total. The molecule has 0 aromatic heterocycles. The maximum absolute atomic E-state index is 15.4. The molecular formula is C74H124N12O15. The molecular weight excluding hydrogens is 1300 g/mol. The van der Waals surface area contributed by atoms with Gasteiger partial charge in [0.15, 0.2) is 0 Å². The summed E-state index contributed by atoms with van der Waals surface area (Å²) in [6, 6.07) is -6.15. The van der Waals surface area contributed by atoms with E-state index in [2.05, 4.69) is 31.9 Å². The van der Waals surface area contributed by atoms with E-state index < -0.39 is 162 Å². The molecule has 12 amide bonds. The van der Waals surface area contributed by atoms with Crippen LogP contribution in [-0.4, -0.2) is 251 Å². The van der Waals surface area contributed by atoms with Gasteiger partial charge < -0.3 is 75.9 Å². The van der Waals surface area contributed by atoms with Crippen LogP contribution in [0.5, 0.6) is 0 Å². The Balaban J connectivity index is 1.99. The number of benzene rings is 1. The number of carbonyl (C=O) groups is 12. The average Bonchev–Trinajstić information content (AvgIpc) is 1.79. The molecule has 27 heteroatoms. The maximum Gasteiger partial charge on any atom is 0.248 e. The van der Waals surface area contributed by atoms with Crippen molar-refractivity contribution in [3.63, 3.8) is 0 Å². The van der Waals surface area contributed by atoms with E-state index in [9.17, 15) is 24.3 Å². The summed E-state index contributed by atoms with van der Waals surface area (Å²) in [5.74, 6) is -9.93. The van der Waals surface area contributed by atoms with E-state index in [1.54, 1.807) is 69.9 Å². The van der Waals surface area contributed by atoms with Crippen molar-refractivity contribution in [3.8, 4) is 0 Å². The summed E-state index contributed by atoms with van der Waals surface area (Å²) in [5.41, 5.74) is -0.213. The van der Waals surface area contributed by atoms with E-state index in [0.717, 1.165) is 6.42 Å². The molecule has 0 aliphatic carbocycles. The average molecular weight is 1420 g/mol. The Morgan fingerprint density at radius 3 is 1.40 bits per heavy atom. The number of nitrogens with zero attached hydrogens (tertiary/aromatic N) is 6. The summed E-state index contributed by atoms with van der Waals surface area (Å²) < 4.78 is 12.2. The number of likely N-dealkylation sites (tertiary alicyclic amines) is 1. The first-order valence-corrected chi connectivity index (χ1v) is 36.7. The minimum Gasteiger partial charge on any atom is -0.391 e. The molecule has 4 rings (SSSR count). The third-order valence-corrected chi connectivity index (χ3v) is 18.8. The third kappa shape index (κ3) is 25.9. The zero-order valence-electron chi connectivity index (χ0n) is 64.1. The van der Waals surface area contributed by atoms with Crippen LogP contribution in [0.2, 0.25) is 0 Å². The van der Waals surface area contributed by atoms with Crippen LogP contribution >= 0.6 is 0 Å². The maximum atomic E-state index is 15.4. The summed E-state index contributed by atoms with van der Waals surface area (Å²) in [5, 5.41) is 28.5. The molecule has 0 radical (unpaired) electrons. The van der Waals surface area contributed by atoms with E-state index in [-0.39, 0.29) is 101 Å². The fourth-order valence-corrected chi connectivity index (χ4v) is 13.2. The highest BCUT2D eigenvalue weighted by Gasteiger charge is 2.47. The van der Waals surface area contributed by atoms with Gasteiger partial charge in [-0.2, -0.15) is 0 Å². The van der Waals surface area contributed by atoms with Gasteiger partial charge in [0.1, 0.15) is 66.5 Å². The predicted molar refractivity (Wildman–Crippen MR) is 383 cm³/mol. The Kier molecular flexibility index (Phi) is 34.1. The first kappa shape index (κ1) is 86.1. The fraction of sp³-hybridized carbons (Fsp3) is 0.757. The summed E-state index contributed by atoms with van der Waals surface area (Å²) in [4.78, 5) is 188. The van der Waals surface area contributed by atoms with E-state index in [1.807, 2.05) is 69.2 Å². The number of carbonyl (C=O) groups excluding carboxylic acids is 12. The highest BCUT2D eigenvalue weighted by atomic mass is 16.5. The van der Waals surface area contributed by atoms with Crippen LogP contribution in [0.1, 0.15) is 187 Å². The number of amides is 12. The lowest BCUT2D eigenvalue weighted by molar-refractivity contribution is -0.149. The second-order valence-corrected chi connectivity index (χ2v) is 31.0. The highest BCUT2D eigenvalue weighted by molar-refractivity contribution is 6.00. The zero-order valence-corrected chi connectivity index (χ0v) is 64.1. The molecule has 0 unspecified atom stereocenters. The zero-order chi connectivity index (χ0) is 76.1. The van der Waals surface area contributed by atoms with Crippen LogP contribution in [0.25, 0.3) is 0 Å². The summed E-state index contributed by atoms with van der Waals surface area (Å²) in [7, 11) is 5.65. The summed E-state index contributed by atoms with van der Waals surface area (Å²) >= 11 is 0. The largest absolute Gasteiger partial charge is 0.391 e. The number of ether oxygens (including phenoxy) is 2. The van der Waals surface area contributed by atoms with Gasteiger partial charge >= 0.3 is 0 Å². The van der Waals surface area contributed by atoms with Crippen molar-refractivity contribution in [3.05, 3.63) is 35.9 Å². The molecule has 570 valence electrons. The molecule has 3 aliphatic heterocycles. The number of hydrogen-bond donors (Lipinski definition) is 7. The molecule has 3 saturated heterocycles. The fourth-order valence-electron chi connectivity index (χ4n) is 13.2. The Hall–Kier alpha value is -7.26. The minimum absolute atomic E-state index is 0.0229. The van der Waals surface area contributed by atoms with Crippen LogP contribution in [0.4, 0.5) is 0 Å². The Morgan fingerprint density at radius 1 is 0.525 bits per heavy atom. The molecule has 3 heterocycles. The van der Waals surface area contributed by atoms with Gasteiger partial charge in [0, 0.05) is 67.3 Å². The SMILES string of the molecule is CCO[C@@H]1C[C@H]2C(=O)N[C@@H](Cc3ccccc3)C(=O)N(C)[C@@H](CC(C)C)C(=O)N[C@H](C(=O)N3CCCCC3)CC(=O)N[C@H](CC)C(=O)N(C)[C@@H](CC(C)C)C(=O)N[C@@H](COC(C)(C)C)C(=O)N(C)[C@@H](CC(C)C)C(=O)N[C@@H](CC(C)C)C(=O)N(C)[C@@H](CC(C)C)C(=O)N[C@@H]([C@@H](C)O)C(=O)N2C1. The number of hydrogen-bond acceptors (Lipinski definition) is 15. The standard InChI is InChI=1S/C74H124N12O15/c1-21-51-68(94)81(17)58(36-46(9)10)65(91)79-55(42-101-74(14,15)16)71(97)84(20)57(35-45(7)8)63(89)76-52(33-43(3)4)69(95)83(19)59(37-47(11)12)66(92)80-62(48(13)87)73(99)86-41-50(100-22-2)39-60(86)67(93)77-53(38-49-29-25-23-26-30-49)70(96)82(18)56(34-44(5)6)64(90)78-54(40-61(88)75-51)72(98)85-31-27-24-28-32-85/h23,25-26,29-30,43-48,50-60,62,87H,21-22,24,27-28,31-42H2,1-20H3,(H,75,88)(H,76,89)(H,77,93)(H,78,90)(H,79,91)(H,80,92)/t48-,50-,51-,52+,53+,54+,55+,56+,57+,58+,59+,60+,62+/m1/s1. The number of nitrogens with one attached hydrogen (secondary N) is 6. The van der Waals surface area contributed by atoms with Crippen molar-refractivity contribution in [1.82, 2.24) is 61.3 Å². The van der Waals surface area contributed by atoms with Crippen LogP contribution < -0.4 is 31.9 Å². The van der Waals surface area contributed by atoms with E-state index in [1.165, 1.54) is 59.6 Å². The van der Waals surface area contributed by atoms with Gasteiger partial charge in [-0.15, -0.1) is 0 Å². The molecule has 1 aromatic rings. The lowest BCUT2D eigenvalue weighted by Crippen LogP contribution is -2.63. The number of fused-ring (bicyclic) bond motifs is 1. The molecule has 27 nitrogen and oxygen atoms in total. The molecule has 3 fully saturated rings. The van der Waals surface area contributed by atoms with Crippen molar-refractivity contribution >= 4 is 70.9 Å². The number of likely N-dealkylation sites (N-methyl/N-ethyl adjacent to an activating group) is 4. The van der Waals surface area contributed by atoms with Crippen LogP contribution in [0.3, 0.4) is 0 Å². The Morgan fingerprint density at radius 2 is 0.950 bits per heavy atom. The molecule has 0 bridgehead atoms. The first-order valence-electron chi connectivity index (χ1n) is 36.7. The van der Waals surface area contributed by atoms with Crippen molar-refractivity contribution in [2.75, 3.05) is 61.0 Å². The van der Waals surface area contributed by atoms with Gasteiger partial charge in [-0.25, -0.2) is 0 Å².